The third kappa shape index (κ3) is 5.45. The van der Waals surface area contributed by atoms with Gasteiger partial charge in [0.15, 0.2) is 5.78 Å². The Morgan fingerprint density at radius 2 is 1.57 bits per heavy atom. The molecule has 40 heavy (non-hydrogen) atoms. The molecule has 0 fully saturated rings. The molecule has 0 unspecified atom stereocenters. The maximum atomic E-state index is 11.5. The van der Waals surface area contributed by atoms with Crippen LogP contribution in [0.1, 0.15) is 41.5 Å². The minimum Gasteiger partial charge on any atom is 0 e. The largest absolute Gasteiger partial charge is 0 e. The maximum absolute atomic E-state index is 11.5. The smallest absolute Gasteiger partial charge is 0 e. The number of hydrogen-bond acceptors (Lipinski definition) is 3. The average molecular weight is 790 g/mol. The molecule has 3 nitrogen and oxygen atoms in total. The van der Waals surface area contributed by atoms with Crippen LogP contribution in [0.4, 0.5) is 0 Å². The number of pyridine rings is 1. The van der Waals surface area contributed by atoms with E-state index in [0.717, 1.165) is 11.2 Å². The number of para-hydroxylation sites is 1. The van der Waals surface area contributed by atoms with Crippen molar-refractivity contribution in [3.8, 4) is 22.4 Å². The van der Waals surface area contributed by atoms with E-state index in [4.69, 9.17) is 4.98 Å². The second-order valence-corrected chi connectivity index (χ2v) is 19.6. The number of carbonyl (C=O) groups excluding carboxylic acids is 1. The summed E-state index contributed by atoms with van der Waals surface area (Å²) in [6.07, 6.45) is 1.33. The molecule has 0 bridgehead atoms. The van der Waals surface area contributed by atoms with Crippen LogP contribution in [0.15, 0.2) is 72.5 Å². The number of nitrogens with zero attached hydrogens (tertiary/aromatic N) is 1. The summed E-state index contributed by atoms with van der Waals surface area (Å²) in [6, 6.07) is 25.8. The van der Waals surface area contributed by atoms with Crippen LogP contribution in [-0.4, -0.2) is 38.9 Å². The first-order valence-electron chi connectivity index (χ1n) is 13.4. The molecule has 0 amide bonds. The van der Waals surface area contributed by atoms with Gasteiger partial charge in [-0.15, -0.1) is 0 Å². The van der Waals surface area contributed by atoms with E-state index in [1.807, 2.05) is 41.5 Å². The van der Waals surface area contributed by atoms with Gasteiger partial charge in [0.1, 0.15) is 5.76 Å². The van der Waals surface area contributed by atoms with E-state index in [1.165, 1.54) is 37.1 Å². The number of benzene rings is 3. The zero-order chi connectivity index (χ0) is 28.3. The van der Waals surface area contributed by atoms with Crippen molar-refractivity contribution < 1.29 is 30.0 Å². The van der Waals surface area contributed by atoms with Gasteiger partial charge in [-0.25, -0.2) is 0 Å². The van der Waals surface area contributed by atoms with Crippen molar-refractivity contribution >= 4 is 59.0 Å². The normalized spacial score (nSPS) is 14.8. The molecule has 3 aromatic carbocycles. The van der Waals surface area contributed by atoms with Gasteiger partial charge in [-0.05, 0) is 0 Å². The van der Waals surface area contributed by atoms with Crippen molar-refractivity contribution in [1.29, 1.82) is 0 Å². The number of aliphatic hydroxyl groups is 1. The molecule has 2 aliphatic rings. The van der Waals surface area contributed by atoms with Gasteiger partial charge in [0.25, 0.3) is 0 Å². The molecule has 0 saturated carbocycles. The Kier molecular flexibility index (Phi) is 8.28. The Morgan fingerprint density at radius 3 is 2.25 bits per heavy atom. The average Bonchev–Trinajstić information content (AvgIpc) is 3.01. The second-order valence-electron chi connectivity index (χ2n) is 13.0. The molecule has 0 atom stereocenters. The number of fused-ring (bicyclic) bond motifs is 3. The van der Waals surface area contributed by atoms with Gasteiger partial charge in [0, 0.05) is 37.0 Å². The van der Waals surface area contributed by atoms with Crippen LogP contribution in [0.25, 0.3) is 33.3 Å². The Bertz CT molecular complexity index is 1660. The van der Waals surface area contributed by atoms with E-state index in [1.54, 1.807) is 10.4 Å². The van der Waals surface area contributed by atoms with Crippen molar-refractivity contribution in [2.45, 2.75) is 54.6 Å². The van der Waals surface area contributed by atoms with Crippen LogP contribution >= 0.6 is 0 Å². The molecule has 1 radical (unpaired) electrons. The molecule has 6 heteroatoms. The van der Waals surface area contributed by atoms with E-state index in [9.17, 15) is 9.90 Å². The van der Waals surface area contributed by atoms with Crippen LogP contribution < -0.4 is 19.3 Å². The maximum Gasteiger partial charge on any atom is 0 e. The van der Waals surface area contributed by atoms with Crippen LogP contribution in [0.5, 0.6) is 0 Å². The van der Waals surface area contributed by atoms with E-state index < -0.39 is 13.5 Å². The van der Waals surface area contributed by atoms with Crippen LogP contribution in [0, 0.1) is 16.9 Å². The van der Waals surface area contributed by atoms with Gasteiger partial charge in [-0.1, -0.05) is 41.5 Å². The van der Waals surface area contributed by atoms with Gasteiger partial charge >= 0.3 is 160 Å². The van der Waals surface area contributed by atoms with Crippen LogP contribution in [0.3, 0.4) is 0 Å². The van der Waals surface area contributed by atoms with Crippen LogP contribution in [-0.2, 0) is 24.9 Å². The van der Waals surface area contributed by atoms with Crippen molar-refractivity contribution in [3.05, 3.63) is 78.6 Å². The third-order valence-corrected chi connectivity index (χ3v) is 13.4. The standard InChI is InChI=1S/C23H16NSeSi.C11H20O2.Ir/c1-26(2)19-11-5-8-15-21(19)22-17(10-6-12-20(22)26)25-18-13-14-7-3-4-9-16(14)24-23(15)18;1-10(2,3)8(12)7-9(13)11(4,5)6;/h3-7,9-13H,1-2H3;7,12H,1-6H3;/q-1;;/b;8-7-;. The molecule has 1 aromatic heterocycles. The zero-order valence-electron chi connectivity index (χ0n) is 24.4. The van der Waals surface area contributed by atoms with E-state index in [2.05, 4.69) is 79.8 Å². The minimum atomic E-state index is -1.64. The summed E-state index contributed by atoms with van der Waals surface area (Å²) < 4.78 is 2.88. The predicted molar refractivity (Wildman–Crippen MR) is 168 cm³/mol. The SMILES string of the molecule is CC(C)(C)C(=O)/C=C(\O)C(C)(C)C.C[Si]1(C)c2cc[c-]c3c2-c2c(cccc21)[Se]c1cc2ccccc2nc1-3.[Ir]. The summed E-state index contributed by atoms with van der Waals surface area (Å²) in [7, 11) is -1.64. The number of allylic oxidation sites excluding steroid dienone is 2. The number of rotatable bonds is 1. The molecule has 2 aliphatic heterocycles. The number of ketones is 1. The van der Waals surface area contributed by atoms with Gasteiger partial charge in [0.05, 0.1) is 0 Å². The molecule has 0 aliphatic carbocycles. The summed E-state index contributed by atoms with van der Waals surface area (Å²) >= 11 is 0.261. The molecule has 209 valence electrons. The first kappa shape index (κ1) is 30.6. The van der Waals surface area contributed by atoms with Crippen LogP contribution in [0.2, 0.25) is 13.1 Å². The van der Waals surface area contributed by atoms with Crippen molar-refractivity contribution in [3.63, 3.8) is 0 Å². The summed E-state index contributed by atoms with van der Waals surface area (Å²) in [6.45, 7) is 16.1. The fourth-order valence-corrected chi connectivity index (χ4v) is 10.7. The topological polar surface area (TPSA) is 50.2 Å². The second kappa shape index (κ2) is 10.8. The number of hydrogen-bond donors (Lipinski definition) is 1. The first-order chi connectivity index (χ1) is 18.2. The first-order valence-corrected chi connectivity index (χ1v) is 18.1. The molecule has 1 N–H and O–H groups in total. The predicted octanol–water partition coefficient (Wildman–Crippen LogP) is 5.56. The third-order valence-electron chi connectivity index (χ3n) is 7.54. The molecule has 6 rings (SSSR count). The summed E-state index contributed by atoms with van der Waals surface area (Å²) in [5.41, 5.74) is 5.61. The van der Waals surface area contributed by atoms with Crippen molar-refractivity contribution in [2.75, 3.05) is 0 Å². The van der Waals surface area contributed by atoms with Gasteiger partial charge < -0.3 is 5.11 Å². The van der Waals surface area contributed by atoms with E-state index in [0.29, 0.717) is 0 Å². The Hall–Kier alpha value is -2.33. The molecule has 3 heterocycles. The monoisotopic (exact) mass is 791 g/mol. The number of aliphatic hydroxyl groups excluding tert-OH is 1. The minimum absolute atomic E-state index is 0. The Labute approximate surface area is 259 Å². The fourth-order valence-electron chi connectivity index (χ4n) is 5.03. The molecule has 4 aromatic rings. The van der Waals surface area contributed by atoms with Crippen molar-refractivity contribution in [2.24, 2.45) is 10.8 Å². The zero-order valence-corrected chi connectivity index (χ0v) is 29.5. The molecular weight excluding hydrogens is 754 g/mol. The van der Waals surface area contributed by atoms with Gasteiger partial charge in [-0.2, -0.15) is 0 Å². The summed E-state index contributed by atoms with van der Waals surface area (Å²) in [4.78, 5) is 16.6. The molecule has 0 saturated heterocycles. The molecular formula is C34H36IrNO2SeSi-. The Balaban J connectivity index is 0.000000229. The van der Waals surface area contributed by atoms with Gasteiger partial charge in [-0.3, -0.25) is 4.79 Å². The van der Waals surface area contributed by atoms with Crippen molar-refractivity contribution in [1.82, 2.24) is 4.98 Å². The molecule has 0 spiro atoms. The Morgan fingerprint density at radius 1 is 0.900 bits per heavy atom. The van der Waals surface area contributed by atoms with E-state index in [-0.39, 0.29) is 52.0 Å². The summed E-state index contributed by atoms with van der Waals surface area (Å²) in [5, 5.41) is 13.9. The fraction of sp³-hybridized carbons (Fsp3) is 0.294. The van der Waals surface area contributed by atoms with Gasteiger partial charge in [0.2, 0.25) is 0 Å². The van der Waals surface area contributed by atoms with E-state index >= 15 is 0 Å². The summed E-state index contributed by atoms with van der Waals surface area (Å²) in [5.74, 6) is 0.104. The number of carbonyl (C=O) groups is 1. The quantitative estimate of drug-likeness (QED) is 0.105. The number of aromatic nitrogens is 1.